The highest BCUT2D eigenvalue weighted by atomic mass is 127. The molecular weight excluding hydrogens is 465 g/mol. The SMILES string of the molecule is CN(c1ccc(I)cc1)c1ccc2c3cccc4cccc(c5cccc1c52)c43. The fourth-order valence-electron chi connectivity index (χ4n) is 4.73. The number of nitrogens with zero attached hydrogens (tertiary/aromatic N) is 1. The highest BCUT2D eigenvalue weighted by Gasteiger charge is 2.16. The maximum atomic E-state index is 2.35. The highest BCUT2D eigenvalue weighted by molar-refractivity contribution is 14.1. The third-order valence-corrected chi connectivity index (χ3v) is 6.80. The molecule has 0 fully saturated rings. The normalized spacial score (nSPS) is 11.8. The Bertz CT molecular complexity index is 1470. The molecule has 0 heterocycles. The lowest BCUT2D eigenvalue weighted by atomic mass is 9.89. The minimum Gasteiger partial charge on any atom is -0.344 e. The van der Waals surface area contributed by atoms with E-state index in [1.807, 2.05) is 0 Å². The van der Waals surface area contributed by atoms with E-state index in [4.69, 9.17) is 0 Å². The molecule has 0 N–H and O–H groups in total. The van der Waals surface area contributed by atoms with Gasteiger partial charge >= 0.3 is 0 Å². The minimum absolute atomic E-state index is 1.20. The van der Waals surface area contributed by atoms with Crippen molar-refractivity contribution in [1.82, 2.24) is 0 Å². The zero-order valence-corrected chi connectivity index (χ0v) is 18.1. The van der Waals surface area contributed by atoms with E-state index in [-0.39, 0.29) is 0 Å². The van der Waals surface area contributed by atoms with E-state index < -0.39 is 0 Å². The number of fused-ring (bicyclic) bond motifs is 2. The summed E-state index contributed by atoms with van der Waals surface area (Å²) in [5.74, 6) is 0. The number of hydrogen-bond donors (Lipinski definition) is 0. The van der Waals surface area contributed by atoms with Crippen LogP contribution in [0.25, 0.3) is 43.1 Å². The van der Waals surface area contributed by atoms with E-state index in [0.717, 1.165) is 0 Å². The molecule has 29 heavy (non-hydrogen) atoms. The summed E-state index contributed by atoms with van der Waals surface area (Å²) >= 11 is 2.35. The molecule has 0 aliphatic rings. The number of benzene rings is 6. The van der Waals surface area contributed by atoms with Gasteiger partial charge in [-0.05, 0) is 90.6 Å². The summed E-state index contributed by atoms with van der Waals surface area (Å²) in [4.78, 5) is 2.29. The fraction of sp³-hybridized carbons (Fsp3) is 0.0370. The van der Waals surface area contributed by atoms with Crippen LogP contribution in [-0.4, -0.2) is 7.05 Å². The van der Waals surface area contributed by atoms with Crippen molar-refractivity contribution in [1.29, 1.82) is 0 Å². The van der Waals surface area contributed by atoms with Crippen LogP contribution in [0.4, 0.5) is 11.4 Å². The summed E-state index contributed by atoms with van der Waals surface area (Å²) in [6, 6.07) is 33.3. The zero-order valence-electron chi connectivity index (χ0n) is 16.0. The number of anilines is 2. The quantitative estimate of drug-likeness (QED) is 0.137. The second-order valence-electron chi connectivity index (χ2n) is 7.61. The summed E-state index contributed by atoms with van der Waals surface area (Å²) in [5, 5.41) is 10.7. The lowest BCUT2D eigenvalue weighted by Crippen LogP contribution is -2.10. The molecule has 0 aliphatic heterocycles. The first-order chi connectivity index (χ1) is 14.2. The molecule has 6 aromatic carbocycles. The molecule has 138 valence electrons. The van der Waals surface area contributed by atoms with E-state index in [0.29, 0.717) is 0 Å². The molecule has 2 heteroatoms. The van der Waals surface area contributed by atoms with Gasteiger partial charge in [0.25, 0.3) is 0 Å². The Labute approximate surface area is 183 Å². The van der Waals surface area contributed by atoms with Crippen molar-refractivity contribution in [2.24, 2.45) is 0 Å². The Morgan fingerprint density at radius 3 is 1.79 bits per heavy atom. The van der Waals surface area contributed by atoms with Gasteiger partial charge in [-0.15, -0.1) is 0 Å². The van der Waals surface area contributed by atoms with Crippen LogP contribution < -0.4 is 4.90 Å². The summed E-state index contributed by atoms with van der Waals surface area (Å²) in [6.45, 7) is 0. The van der Waals surface area contributed by atoms with Gasteiger partial charge in [0.15, 0.2) is 0 Å². The molecule has 0 aliphatic carbocycles. The van der Waals surface area contributed by atoms with E-state index in [1.165, 1.54) is 58.0 Å². The van der Waals surface area contributed by atoms with Gasteiger partial charge < -0.3 is 4.90 Å². The second-order valence-corrected chi connectivity index (χ2v) is 8.85. The molecule has 0 saturated carbocycles. The van der Waals surface area contributed by atoms with Gasteiger partial charge in [-0.1, -0.05) is 60.7 Å². The zero-order chi connectivity index (χ0) is 19.5. The highest BCUT2D eigenvalue weighted by Crippen LogP contribution is 2.43. The van der Waals surface area contributed by atoms with Crippen molar-refractivity contribution in [2.75, 3.05) is 11.9 Å². The van der Waals surface area contributed by atoms with E-state index in [9.17, 15) is 0 Å². The molecule has 1 nitrogen and oxygen atoms in total. The lowest BCUT2D eigenvalue weighted by Gasteiger charge is -2.23. The number of rotatable bonds is 2. The summed E-state index contributed by atoms with van der Waals surface area (Å²) < 4.78 is 1.25. The van der Waals surface area contributed by atoms with Crippen LogP contribution in [-0.2, 0) is 0 Å². The van der Waals surface area contributed by atoms with Gasteiger partial charge in [0.1, 0.15) is 0 Å². The van der Waals surface area contributed by atoms with E-state index in [2.05, 4.69) is 126 Å². The van der Waals surface area contributed by atoms with Gasteiger partial charge in [-0.3, -0.25) is 0 Å². The molecule has 0 amide bonds. The summed E-state index contributed by atoms with van der Waals surface area (Å²) in [6.07, 6.45) is 0. The standard InChI is InChI=1S/C27H18IN/c1-29(19-13-11-18(28)12-14-19)25-16-15-23-21-8-3-6-17-5-2-7-20(26(17)21)22-9-4-10-24(25)27(22)23/h2-16H,1H3. The molecule has 6 rings (SSSR count). The van der Waals surface area contributed by atoms with Gasteiger partial charge in [0, 0.05) is 27.4 Å². The average Bonchev–Trinajstić information content (AvgIpc) is 2.77. The first-order valence-corrected chi connectivity index (χ1v) is 10.9. The predicted octanol–water partition coefficient (Wildman–Crippen LogP) is 8.11. The summed E-state index contributed by atoms with van der Waals surface area (Å²) in [5.41, 5.74) is 2.43. The Morgan fingerprint density at radius 1 is 0.552 bits per heavy atom. The van der Waals surface area contributed by atoms with Crippen LogP contribution in [0.15, 0.2) is 91.0 Å². The first kappa shape index (κ1) is 17.0. The van der Waals surface area contributed by atoms with Gasteiger partial charge in [0.05, 0.1) is 0 Å². The van der Waals surface area contributed by atoms with Gasteiger partial charge in [-0.25, -0.2) is 0 Å². The molecule has 6 aromatic rings. The Balaban J connectivity index is 1.74. The van der Waals surface area contributed by atoms with Gasteiger partial charge in [-0.2, -0.15) is 0 Å². The first-order valence-electron chi connectivity index (χ1n) is 9.80. The van der Waals surface area contributed by atoms with Crippen molar-refractivity contribution < 1.29 is 0 Å². The minimum atomic E-state index is 1.20. The molecule has 0 radical (unpaired) electrons. The van der Waals surface area contributed by atoms with Crippen molar-refractivity contribution in [3.63, 3.8) is 0 Å². The van der Waals surface area contributed by atoms with Crippen molar-refractivity contribution >= 4 is 77.1 Å². The maximum Gasteiger partial charge on any atom is 0.0488 e. The average molecular weight is 483 g/mol. The topological polar surface area (TPSA) is 3.24 Å². The van der Waals surface area contributed by atoms with Crippen LogP contribution in [0.1, 0.15) is 0 Å². The third kappa shape index (κ3) is 2.45. The molecule has 0 atom stereocenters. The smallest absolute Gasteiger partial charge is 0.0488 e. The molecule has 0 aromatic heterocycles. The number of halogens is 1. The van der Waals surface area contributed by atoms with Crippen molar-refractivity contribution in [3.8, 4) is 0 Å². The monoisotopic (exact) mass is 483 g/mol. The maximum absolute atomic E-state index is 2.35. The van der Waals surface area contributed by atoms with Crippen molar-refractivity contribution in [3.05, 3.63) is 94.6 Å². The van der Waals surface area contributed by atoms with Crippen LogP contribution in [0, 0.1) is 3.57 Å². The van der Waals surface area contributed by atoms with Crippen LogP contribution in [0.2, 0.25) is 0 Å². The lowest BCUT2D eigenvalue weighted by molar-refractivity contribution is 1.22. The third-order valence-electron chi connectivity index (χ3n) is 6.08. The summed E-state index contributed by atoms with van der Waals surface area (Å²) in [7, 11) is 2.16. The van der Waals surface area contributed by atoms with Crippen molar-refractivity contribution in [2.45, 2.75) is 0 Å². The van der Waals surface area contributed by atoms with E-state index >= 15 is 0 Å². The van der Waals surface area contributed by atoms with Crippen LogP contribution >= 0.6 is 22.6 Å². The Morgan fingerprint density at radius 2 is 1.10 bits per heavy atom. The predicted molar refractivity (Wildman–Crippen MR) is 135 cm³/mol. The molecule has 0 saturated heterocycles. The van der Waals surface area contributed by atoms with E-state index in [1.54, 1.807) is 0 Å². The van der Waals surface area contributed by atoms with Gasteiger partial charge in [0.2, 0.25) is 0 Å². The molecular formula is C27H18IN. The second kappa shape index (κ2) is 6.33. The Kier molecular flexibility index (Phi) is 3.72. The van der Waals surface area contributed by atoms with Crippen LogP contribution in [0.5, 0.6) is 0 Å². The molecule has 0 unspecified atom stereocenters. The number of hydrogen-bond acceptors (Lipinski definition) is 1. The molecule has 0 bridgehead atoms. The molecule has 0 spiro atoms. The van der Waals surface area contributed by atoms with Crippen LogP contribution in [0.3, 0.4) is 0 Å². The Hall–Kier alpha value is -2.85. The largest absolute Gasteiger partial charge is 0.344 e. The fourth-order valence-corrected chi connectivity index (χ4v) is 5.09.